The van der Waals surface area contributed by atoms with Gasteiger partial charge in [0.25, 0.3) is 5.91 Å². The molecule has 0 spiro atoms. The lowest BCUT2D eigenvalue weighted by atomic mass is 10.1. The van der Waals surface area contributed by atoms with Gasteiger partial charge in [-0.1, -0.05) is 12.1 Å². The quantitative estimate of drug-likeness (QED) is 0.546. The molecule has 11 heteroatoms. The fourth-order valence-corrected chi connectivity index (χ4v) is 5.09. The van der Waals surface area contributed by atoms with Crippen molar-refractivity contribution < 1.29 is 17.6 Å². The minimum Gasteiger partial charge on any atom is -0.368 e. The minimum absolute atomic E-state index is 0.0952. The monoisotopic (exact) mass is 475 g/mol. The highest BCUT2D eigenvalue weighted by Gasteiger charge is 2.32. The van der Waals surface area contributed by atoms with Crippen molar-refractivity contribution in [3.8, 4) is 10.4 Å². The van der Waals surface area contributed by atoms with E-state index in [0.717, 1.165) is 34.5 Å². The standard InChI is InChI=1S/C21H22FN5O3S2/c1-13-25-18(19(31-13)14-5-7-15(22)8-6-14)20(28)27-11-3-4-16(27)12-24-17-9-10-23-21(26-17)32(2,29)30/h5-10,16H,3-4,11-12H2,1-2H3,(H,23,24,26). The number of halogens is 1. The van der Waals surface area contributed by atoms with Crippen molar-refractivity contribution in [2.45, 2.75) is 31.0 Å². The molecule has 0 bridgehead atoms. The lowest BCUT2D eigenvalue weighted by Gasteiger charge is -2.25. The van der Waals surface area contributed by atoms with Gasteiger partial charge in [0.2, 0.25) is 15.0 Å². The highest BCUT2D eigenvalue weighted by atomic mass is 32.2. The molecule has 2 aromatic heterocycles. The van der Waals surface area contributed by atoms with Crippen molar-refractivity contribution in [1.82, 2.24) is 19.9 Å². The number of thiazole rings is 1. The Morgan fingerprint density at radius 3 is 2.72 bits per heavy atom. The smallest absolute Gasteiger partial charge is 0.274 e. The lowest BCUT2D eigenvalue weighted by molar-refractivity contribution is 0.0739. The zero-order chi connectivity index (χ0) is 22.9. The Kier molecular flexibility index (Phi) is 6.20. The SMILES string of the molecule is Cc1nc(C(=O)N2CCCC2CNc2ccnc(S(C)(=O)=O)n2)c(-c2ccc(F)cc2)s1. The summed E-state index contributed by atoms with van der Waals surface area (Å²) in [4.78, 5) is 28.2. The Bertz CT molecular complexity index is 1240. The van der Waals surface area contributed by atoms with Crippen molar-refractivity contribution in [3.63, 3.8) is 0 Å². The molecule has 1 aliphatic heterocycles. The summed E-state index contributed by atoms with van der Waals surface area (Å²) in [7, 11) is -3.51. The zero-order valence-electron chi connectivity index (χ0n) is 17.6. The Morgan fingerprint density at radius 2 is 2.00 bits per heavy atom. The molecule has 168 valence electrons. The molecular formula is C21H22FN5O3S2. The Hall–Kier alpha value is -2.92. The van der Waals surface area contributed by atoms with E-state index in [1.807, 2.05) is 6.92 Å². The molecule has 1 atom stereocenters. The lowest BCUT2D eigenvalue weighted by Crippen LogP contribution is -2.40. The summed E-state index contributed by atoms with van der Waals surface area (Å²) in [6.07, 6.45) is 4.09. The van der Waals surface area contributed by atoms with Crippen molar-refractivity contribution in [3.05, 3.63) is 53.0 Å². The van der Waals surface area contributed by atoms with E-state index in [1.54, 1.807) is 23.1 Å². The number of carbonyl (C=O) groups is 1. The number of aromatic nitrogens is 3. The maximum atomic E-state index is 13.4. The molecule has 3 aromatic rings. The van der Waals surface area contributed by atoms with Gasteiger partial charge in [0.05, 0.1) is 9.88 Å². The second-order valence-electron chi connectivity index (χ2n) is 7.59. The number of sulfone groups is 1. The minimum atomic E-state index is -3.51. The van der Waals surface area contributed by atoms with Crippen LogP contribution in [0.5, 0.6) is 0 Å². The van der Waals surface area contributed by atoms with Gasteiger partial charge in [-0.3, -0.25) is 4.79 Å². The Balaban J connectivity index is 1.52. The van der Waals surface area contributed by atoms with Crippen molar-refractivity contribution in [2.75, 3.05) is 24.7 Å². The topological polar surface area (TPSA) is 105 Å². The highest BCUT2D eigenvalue weighted by molar-refractivity contribution is 7.90. The van der Waals surface area contributed by atoms with Crippen molar-refractivity contribution in [1.29, 1.82) is 0 Å². The number of amides is 1. The van der Waals surface area contributed by atoms with Crippen LogP contribution >= 0.6 is 11.3 Å². The Morgan fingerprint density at radius 1 is 1.25 bits per heavy atom. The van der Waals surface area contributed by atoms with Crippen LogP contribution in [0.2, 0.25) is 0 Å². The van der Waals surface area contributed by atoms with Gasteiger partial charge < -0.3 is 10.2 Å². The summed E-state index contributed by atoms with van der Waals surface area (Å²) in [6, 6.07) is 7.53. The maximum absolute atomic E-state index is 13.4. The van der Waals surface area contributed by atoms with Gasteiger partial charge in [-0.25, -0.2) is 27.8 Å². The van der Waals surface area contributed by atoms with E-state index in [-0.39, 0.29) is 22.9 Å². The third kappa shape index (κ3) is 4.78. The molecule has 1 unspecified atom stereocenters. The molecule has 1 aliphatic rings. The molecular weight excluding hydrogens is 453 g/mol. The summed E-state index contributed by atoms with van der Waals surface area (Å²) in [6.45, 7) is 2.86. The summed E-state index contributed by atoms with van der Waals surface area (Å²) >= 11 is 1.41. The van der Waals surface area contributed by atoms with Gasteiger partial charge in [0.1, 0.15) is 17.3 Å². The molecule has 0 radical (unpaired) electrons. The van der Waals surface area contributed by atoms with E-state index in [9.17, 15) is 17.6 Å². The summed E-state index contributed by atoms with van der Waals surface area (Å²) in [5.41, 5.74) is 1.12. The first-order valence-corrected chi connectivity index (χ1v) is 12.7. The van der Waals surface area contributed by atoms with Gasteiger partial charge in [-0.15, -0.1) is 11.3 Å². The first kappa shape index (κ1) is 22.3. The molecule has 32 heavy (non-hydrogen) atoms. The molecule has 0 aliphatic carbocycles. The molecule has 1 N–H and O–H groups in total. The van der Waals surface area contributed by atoms with Crippen LogP contribution in [0.1, 0.15) is 28.3 Å². The third-order valence-electron chi connectivity index (χ3n) is 5.17. The maximum Gasteiger partial charge on any atom is 0.274 e. The van der Waals surface area contributed by atoms with Crippen LogP contribution in [0, 0.1) is 12.7 Å². The summed E-state index contributed by atoms with van der Waals surface area (Å²) in [5, 5.41) is 3.64. The van der Waals surface area contributed by atoms with Crippen LogP contribution in [0.3, 0.4) is 0 Å². The number of hydrogen-bond acceptors (Lipinski definition) is 8. The van der Waals surface area contributed by atoms with E-state index >= 15 is 0 Å². The van der Waals surface area contributed by atoms with Crippen LogP contribution in [-0.2, 0) is 9.84 Å². The fraction of sp³-hybridized carbons (Fsp3) is 0.333. The van der Waals surface area contributed by atoms with Gasteiger partial charge in [0, 0.05) is 31.6 Å². The highest BCUT2D eigenvalue weighted by Crippen LogP contribution is 2.32. The van der Waals surface area contributed by atoms with E-state index in [0.29, 0.717) is 24.6 Å². The predicted molar refractivity (Wildman–Crippen MR) is 120 cm³/mol. The molecule has 0 saturated carbocycles. The fourth-order valence-electron chi connectivity index (χ4n) is 3.66. The first-order chi connectivity index (χ1) is 15.2. The Labute approximate surface area is 189 Å². The normalized spacial score (nSPS) is 16.3. The average Bonchev–Trinajstić information content (AvgIpc) is 3.38. The molecule has 1 fully saturated rings. The zero-order valence-corrected chi connectivity index (χ0v) is 19.2. The van der Waals surface area contributed by atoms with E-state index < -0.39 is 9.84 Å². The molecule has 4 rings (SSSR count). The molecule has 1 saturated heterocycles. The van der Waals surface area contributed by atoms with Gasteiger partial charge in [-0.05, 0) is 43.5 Å². The van der Waals surface area contributed by atoms with Crippen LogP contribution in [0.15, 0.2) is 41.7 Å². The van der Waals surface area contributed by atoms with E-state index in [4.69, 9.17) is 0 Å². The number of anilines is 1. The van der Waals surface area contributed by atoms with Gasteiger partial charge in [0.15, 0.2) is 0 Å². The van der Waals surface area contributed by atoms with Crippen molar-refractivity contribution in [2.24, 2.45) is 0 Å². The number of hydrogen-bond donors (Lipinski definition) is 1. The van der Waals surface area contributed by atoms with Crippen LogP contribution in [0.4, 0.5) is 10.2 Å². The van der Waals surface area contributed by atoms with Gasteiger partial charge >= 0.3 is 0 Å². The van der Waals surface area contributed by atoms with Gasteiger partial charge in [-0.2, -0.15) is 0 Å². The summed E-state index contributed by atoms with van der Waals surface area (Å²) in [5.74, 6) is -0.119. The average molecular weight is 476 g/mol. The third-order valence-corrected chi connectivity index (χ3v) is 7.04. The molecule has 1 amide bonds. The molecule has 1 aromatic carbocycles. The number of likely N-dealkylation sites (tertiary alicyclic amines) is 1. The number of carbonyl (C=O) groups excluding carboxylic acids is 1. The van der Waals surface area contributed by atoms with E-state index in [1.165, 1.54) is 29.7 Å². The second-order valence-corrected chi connectivity index (χ2v) is 10.7. The second kappa shape index (κ2) is 8.91. The largest absolute Gasteiger partial charge is 0.368 e. The molecule has 8 nitrogen and oxygen atoms in total. The summed E-state index contributed by atoms with van der Waals surface area (Å²) < 4.78 is 36.7. The number of nitrogens with one attached hydrogen (secondary N) is 1. The van der Waals surface area contributed by atoms with Crippen LogP contribution < -0.4 is 5.32 Å². The van der Waals surface area contributed by atoms with Crippen LogP contribution in [0.25, 0.3) is 10.4 Å². The number of aryl methyl sites for hydroxylation is 1. The van der Waals surface area contributed by atoms with E-state index in [2.05, 4.69) is 20.3 Å². The number of rotatable bonds is 6. The molecule has 3 heterocycles. The number of benzene rings is 1. The van der Waals surface area contributed by atoms with Crippen LogP contribution in [-0.4, -0.2) is 59.6 Å². The first-order valence-electron chi connectivity index (χ1n) is 10.0. The predicted octanol–water partition coefficient (Wildman–Crippen LogP) is 3.17. The number of nitrogens with zero attached hydrogens (tertiary/aromatic N) is 4. The van der Waals surface area contributed by atoms with Crippen molar-refractivity contribution >= 4 is 32.9 Å².